The van der Waals surface area contributed by atoms with Gasteiger partial charge in [0.2, 0.25) is 0 Å². The molecule has 1 aliphatic rings. The quantitative estimate of drug-likeness (QED) is 0.826. The second kappa shape index (κ2) is 5.66. The fraction of sp³-hybridized carbons (Fsp3) is 0.692. The summed E-state index contributed by atoms with van der Waals surface area (Å²) in [6.45, 7) is 3.42. The summed E-state index contributed by atoms with van der Waals surface area (Å²) in [7, 11) is 0. The monoisotopic (exact) mass is 223 g/mol. The fourth-order valence-corrected chi connectivity index (χ4v) is 3.19. The molecule has 1 aromatic heterocycles. The zero-order valence-electron chi connectivity index (χ0n) is 9.59. The lowest BCUT2D eigenvalue weighted by Crippen LogP contribution is -2.28. The molecule has 1 atom stereocenters. The van der Waals surface area contributed by atoms with Gasteiger partial charge in [0.25, 0.3) is 0 Å². The Labute approximate surface area is 96.9 Å². The van der Waals surface area contributed by atoms with Gasteiger partial charge in [0.1, 0.15) is 0 Å². The van der Waals surface area contributed by atoms with Crippen LogP contribution in [0.4, 0.5) is 0 Å². The summed E-state index contributed by atoms with van der Waals surface area (Å²) in [6.07, 6.45) is 8.16. The maximum Gasteiger partial charge on any atom is 0.00705 e. The second-order valence-corrected chi connectivity index (χ2v) is 5.92. The van der Waals surface area contributed by atoms with Crippen LogP contribution in [-0.2, 0) is 6.42 Å². The van der Waals surface area contributed by atoms with Gasteiger partial charge in [-0.15, -0.1) is 11.3 Å². The first-order valence-corrected chi connectivity index (χ1v) is 6.95. The Morgan fingerprint density at radius 3 is 3.07 bits per heavy atom. The van der Waals surface area contributed by atoms with Crippen molar-refractivity contribution in [3.63, 3.8) is 0 Å². The first-order chi connectivity index (χ1) is 7.34. The fourth-order valence-electron chi connectivity index (χ4n) is 2.28. The lowest BCUT2D eigenvalue weighted by molar-refractivity contribution is 0.479. The van der Waals surface area contributed by atoms with Gasteiger partial charge in [-0.25, -0.2) is 0 Å². The third kappa shape index (κ3) is 3.62. The van der Waals surface area contributed by atoms with Gasteiger partial charge >= 0.3 is 0 Å². The van der Waals surface area contributed by atoms with Crippen molar-refractivity contribution in [2.45, 2.75) is 51.5 Å². The maximum atomic E-state index is 3.66. The molecule has 1 N–H and O–H groups in total. The molecule has 1 saturated heterocycles. The van der Waals surface area contributed by atoms with Crippen molar-refractivity contribution in [2.24, 2.45) is 0 Å². The number of rotatable bonds is 3. The summed E-state index contributed by atoms with van der Waals surface area (Å²) in [5.41, 5.74) is 0. The van der Waals surface area contributed by atoms with E-state index in [1.54, 1.807) is 4.88 Å². The number of nitrogens with one attached hydrogen (secondary N) is 1. The summed E-state index contributed by atoms with van der Waals surface area (Å²) in [5, 5.41) is 3.66. The molecule has 0 bridgehead atoms. The Morgan fingerprint density at radius 2 is 2.27 bits per heavy atom. The molecule has 84 valence electrons. The molecule has 1 aromatic rings. The topological polar surface area (TPSA) is 12.0 Å². The first-order valence-electron chi connectivity index (χ1n) is 6.13. The van der Waals surface area contributed by atoms with E-state index in [4.69, 9.17) is 0 Å². The van der Waals surface area contributed by atoms with Crippen molar-refractivity contribution in [2.75, 3.05) is 6.54 Å². The summed E-state index contributed by atoms with van der Waals surface area (Å²) in [5.74, 6) is 0. The third-order valence-corrected chi connectivity index (χ3v) is 4.26. The van der Waals surface area contributed by atoms with Crippen molar-refractivity contribution in [1.82, 2.24) is 5.32 Å². The maximum absolute atomic E-state index is 3.66. The largest absolute Gasteiger partial charge is 0.314 e. The molecule has 1 aliphatic heterocycles. The van der Waals surface area contributed by atoms with E-state index in [0.717, 1.165) is 6.04 Å². The number of thiophene rings is 1. The van der Waals surface area contributed by atoms with Crippen LogP contribution < -0.4 is 5.32 Å². The van der Waals surface area contributed by atoms with Crippen LogP contribution in [0.25, 0.3) is 0 Å². The van der Waals surface area contributed by atoms with Gasteiger partial charge in [0.15, 0.2) is 0 Å². The molecule has 0 amide bonds. The van der Waals surface area contributed by atoms with E-state index in [1.165, 1.54) is 49.9 Å². The lowest BCUT2D eigenvalue weighted by Gasteiger charge is -2.14. The van der Waals surface area contributed by atoms with Crippen molar-refractivity contribution in [3.8, 4) is 0 Å². The third-order valence-electron chi connectivity index (χ3n) is 3.20. The van der Waals surface area contributed by atoms with E-state index in [-0.39, 0.29) is 0 Å². The van der Waals surface area contributed by atoms with Crippen LogP contribution in [0.1, 0.15) is 41.9 Å². The Morgan fingerprint density at radius 1 is 1.33 bits per heavy atom. The number of aryl methyl sites for hydroxylation is 2. The highest BCUT2D eigenvalue weighted by Gasteiger charge is 2.11. The minimum absolute atomic E-state index is 0.773. The van der Waals surface area contributed by atoms with Gasteiger partial charge < -0.3 is 5.32 Å². The smallest absolute Gasteiger partial charge is 0.00705 e. The predicted molar refractivity (Wildman–Crippen MR) is 67.6 cm³/mol. The van der Waals surface area contributed by atoms with Crippen LogP contribution in [0, 0.1) is 6.92 Å². The molecular formula is C13H21NS. The Bertz CT molecular complexity index is 284. The second-order valence-electron chi connectivity index (χ2n) is 4.55. The number of hydrogen-bond acceptors (Lipinski definition) is 2. The molecule has 0 saturated carbocycles. The predicted octanol–water partition coefficient (Wildman–Crippen LogP) is 3.52. The van der Waals surface area contributed by atoms with Gasteiger partial charge in [0, 0.05) is 15.8 Å². The highest BCUT2D eigenvalue weighted by Crippen LogP contribution is 2.19. The van der Waals surface area contributed by atoms with E-state index in [9.17, 15) is 0 Å². The van der Waals surface area contributed by atoms with E-state index < -0.39 is 0 Å². The molecule has 1 unspecified atom stereocenters. The van der Waals surface area contributed by atoms with Crippen LogP contribution in [0.3, 0.4) is 0 Å². The van der Waals surface area contributed by atoms with Crippen LogP contribution in [-0.4, -0.2) is 12.6 Å². The average Bonchev–Trinajstić information content (AvgIpc) is 2.52. The molecule has 0 aromatic carbocycles. The molecule has 1 fully saturated rings. The standard InChI is InChI=1S/C13H21NS/c1-11-6-8-13(15-11)9-7-12-5-3-2-4-10-14-12/h6,8,12,14H,2-5,7,9-10H2,1H3. The summed E-state index contributed by atoms with van der Waals surface area (Å²) < 4.78 is 0. The lowest BCUT2D eigenvalue weighted by atomic mass is 10.1. The normalized spacial score (nSPS) is 22.6. The number of hydrogen-bond donors (Lipinski definition) is 1. The molecule has 0 aliphatic carbocycles. The van der Waals surface area contributed by atoms with E-state index in [1.807, 2.05) is 11.3 Å². The van der Waals surface area contributed by atoms with Crippen molar-refractivity contribution in [1.29, 1.82) is 0 Å². The summed E-state index contributed by atoms with van der Waals surface area (Å²) in [6, 6.07) is 5.30. The molecule has 15 heavy (non-hydrogen) atoms. The summed E-state index contributed by atoms with van der Waals surface area (Å²) >= 11 is 1.95. The highest BCUT2D eigenvalue weighted by molar-refractivity contribution is 7.11. The van der Waals surface area contributed by atoms with E-state index in [2.05, 4.69) is 24.4 Å². The van der Waals surface area contributed by atoms with Gasteiger partial charge in [-0.2, -0.15) is 0 Å². The molecule has 0 radical (unpaired) electrons. The van der Waals surface area contributed by atoms with Gasteiger partial charge in [0.05, 0.1) is 0 Å². The van der Waals surface area contributed by atoms with Crippen LogP contribution in [0.15, 0.2) is 12.1 Å². The Kier molecular flexibility index (Phi) is 4.21. The molecule has 0 spiro atoms. The zero-order valence-corrected chi connectivity index (χ0v) is 10.4. The highest BCUT2D eigenvalue weighted by atomic mass is 32.1. The van der Waals surface area contributed by atoms with Gasteiger partial charge in [-0.3, -0.25) is 0 Å². The SMILES string of the molecule is Cc1ccc(CCC2CCCCCN2)s1. The zero-order chi connectivity index (χ0) is 10.5. The minimum atomic E-state index is 0.773. The first kappa shape index (κ1) is 11.2. The van der Waals surface area contributed by atoms with Crippen LogP contribution in [0.2, 0.25) is 0 Å². The van der Waals surface area contributed by atoms with Crippen molar-refractivity contribution >= 4 is 11.3 Å². The molecule has 2 rings (SSSR count). The molecule has 2 heterocycles. The van der Waals surface area contributed by atoms with E-state index in [0.29, 0.717) is 0 Å². The molecule has 1 nitrogen and oxygen atoms in total. The van der Waals surface area contributed by atoms with Crippen molar-refractivity contribution < 1.29 is 0 Å². The van der Waals surface area contributed by atoms with Gasteiger partial charge in [-0.1, -0.05) is 12.8 Å². The average molecular weight is 223 g/mol. The van der Waals surface area contributed by atoms with E-state index >= 15 is 0 Å². The molecule has 2 heteroatoms. The van der Waals surface area contributed by atoms with Gasteiger partial charge in [-0.05, 0) is 51.3 Å². The minimum Gasteiger partial charge on any atom is -0.314 e. The summed E-state index contributed by atoms with van der Waals surface area (Å²) in [4.78, 5) is 3.00. The Balaban J connectivity index is 1.76. The molecular weight excluding hydrogens is 202 g/mol. The van der Waals surface area contributed by atoms with Crippen LogP contribution in [0.5, 0.6) is 0 Å². The van der Waals surface area contributed by atoms with Crippen LogP contribution >= 0.6 is 11.3 Å². The Hall–Kier alpha value is -0.340. The van der Waals surface area contributed by atoms with Crippen molar-refractivity contribution in [3.05, 3.63) is 21.9 Å².